The average Bonchev–Trinajstić information content (AvgIpc) is 2.99. The zero-order chi connectivity index (χ0) is 16.7. The highest BCUT2D eigenvalue weighted by molar-refractivity contribution is 7.14. The summed E-state index contributed by atoms with van der Waals surface area (Å²) in [6.45, 7) is 0.526. The molecule has 0 saturated heterocycles. The van der Waals surface area contributed by atoms with Gasteiger partial charge in [0, 0.05) is 24.5 Å². The third-order valence-corrected chi connectivity index (χ3v) is 3.58. The highest BCUT2D eigenvalue weighted by Gasteiger charge is 2.06. The topological polar surface area (TPSA) is 135 Å². The van der Waals surface area contributed by atoms with E-state index in [9.17, 15) is 0 Å². The summed E-state index contributed by atoms with van der Waals surface area (Å²) in [5.74, 6) is 0.278. The molecule has 0 saturated carbocycles. The van der Waals surface area contributed by atoms with Crippen molar-refractivity contribution in [2.45, 2.75) is 6.54 Å². The number of nitrogens with two attached hydrogens (primary N) is 1. The van der Waals surface area contributed by atoms with Gasteiger partial charge in [0.25, 0.3) is 0 Å². The molecule has 1 aromatic carbocycles. The molecule has 0 fully saturated rings. The zero-order valence-electron chi connectivity index (χ0n) is 12.4. The largest absolute Gasteiger partial charge is 0.370 e. The molecule has 23 heavy (non-hydrogen) atoms. The SMILES string of the molecule is CN/C(=N/C#N)NCc1cccc(-c2csc(NC(=N)N)n2)c1. The molecule has 0 radical (unpaired) electrons. The summed E-state index contributed by atoms with van der Waals surface area (Å²) in [7, 11) is 1.69. The van der Waals surface area contributed by atoms with Crippen LogP contribution in [0.25, 0.3) is 11.3 Å². The molecule has 0 aliphatic rings. The monoisotopic (exact) mass is 328 g/mol. The molecule has 118 valence electrons. The molecule has 8 nitrogen and oxygen atoms in total. The first-order valence-corrected chi connectivity index (χ1v) is 7.54. The second-order valence-electron chi connectivity index (χ2n) is 4.44. The zero-order valence-corrected chi connectivity index (χ0v) is 13.2. The van der Waals surface area contributed by atoms with Crippen molar-refractivity contribution in [2.24, 2.45) is 10.7 Å². The Labute approximate surface area is 137 Å². The summed E-state index contributed by atoms with van der Waals surface area (Å²) in [5.41, 5.74) is 8.08. The van der Waals surface area contributed by atoms with Gasteiger partial charge in [-0.2, -0.15) is 5.26 Å². The summed E-state index contributed by atoms with van der Waals surface area (Å²) < 4.78 is 0. The first-order chi connectivity index (χ1) is 11.1. The van der Waals surface area contributed by atoms with Gasteiger partial charge >= 0.3 is 0 Å². The van der Waals surface area contributed by atoms with E-state index in [1.54, 1.807) is 13.2 Å². The van der Waals surface area contributed by atoms with E-state index in [4.69, 9.17) is 16.4 Å². The lowest BCUT2D eigenvalue weighted by atomic mass is 10.1. The van der Waals surface area contributed by atoms with Crippen LogP contribution in [0, 0.1) is 16.9 Å². The molecule has 1 heterocycles. The van der Waals surface area contributed by atoms with Crippen LogP contribution < -0.4 is 21.7 Å². The van der Waals surface area contributed by atoms with Crippen molar-refractivity contribution in [1.29, 1.82) is 10.7 Å². The molecule has 0 unspecified atom stereocenters. The Morgan fingerprint density at radius 1 is 1.52 bits per heavy atom. The van der Waals surface area contributed by atoms with E-state index in [-0.39, 0.29) is 5.96 Å². The third kappa shape index (κ3) is 4.69. The molecule has 0 amide bonds. The van der Waals surface area contributed by atoms with E-state index >= 15 is 0 Å². The summed E-state index contributed by atoms with van der Waals surface area (Å²) >= 11 is 1.38. The molecule has 0 atom stereocenters. The fraction of sp³-hybridized carbons (Fsp3) is 0.143. The van der Waals surface area contributed by atoms with Gasteiger partial charge < -0.3 is 21.7 Å². The van der Waals surface area contributed by atoms with Crippen LogP contribution in [0.5, 0.6) is 0 Å². The standard InChI is InChI=1S/C14H16N8S/c1-18-13(20-8-15)19-6-9-3-2-4-10(5-9)11-7-23-14(21-11)22-12(16)17/h2-5,7H,6H2,1H3,(H2,18,19,20)(H4,16,17,21,22). The molecule has 9 heteroatoms. The molecular weight excluding hydrogens is 312 g/mol. The number of rotatable bonds is 4. The number of hydrogen-bond donors (Lipinski definition) is 5. The van der Waals surface area contributed by atoms with E-state index in [2.05, 4.69) is 25.9 Å². The minimum absolute atomic E-state index is 0.139. The maximum atomic E-state index is 8.57. The Kier molecular flexibility index (Phi) is 5.49. The number of aliphatic imine (C=N–C) groups is 1. The van der Waals surface area contributed by atoms with Gasteiger partial charge in [0.1, 0.15) is 0 Å². The number of anilines is 1. The number of benzene rings is 1. The first kappa shape index (κ1) is 16.3. The van der Waals surface area contributed by atoms with E-state index in [0.717, 1.165) is 16.8 Å². The Hall–Kier alpha value is -3.12. The van der Waals surface area contributed by atoms with E-state index in [1.807, 2.05) is 29.6 Å². The second kappa shape index (κ2) is 7.77. The predicted octanol–water partition coefficient (Wildman–Crippen LogP) is 1.26. The van der Waals surface area contributed by atoms with Crippen molar-refractivity contribution in [3.63, 3.8) is 0 Å². The number of thiazole rings is 1. The Bertz CT molecular complexity index is 758. The van der Waals surface area contributed by atoms with E-state index in [1.165, 1.54) is 11.3 Å². The van der Waals surface area contributed by atoms with Gasteiger partial charge in [-0.25, -0.2) is 4.98 Å². The van der Waals surface area contributed by atoms with Crippen molar-refractivity contribution in [2.75, 3.05) is 12.4 Å². The van der Waals surface area contributed by atoms with Crippen LogP contribution in [-0.4, -0.2) is 24.0 Å². The van der Waals surface area contributed by atoms with Crippen LogP contribution >= 0.6 is 11.3 Å². The smallest absolute Gasteiger partial charge is 0.209 e. The summed E-state index contributed by atoms with van der Waals surface area (Å²) in [6.07, 6.45) is 1.73. The Morgan fingerprint density at radius 2 is 2.35 bits per heavy atom. The molecule has 6 N–H and O–H groups in total. The molecule has 2 aromatic rings. The minimum atomic E-state index is -0.139. The molecule has 1 aromatic heterocycles. The normalized spacial score (nSPS) is 10.7. The van der Waals surface area contributed by atoms with Crippen molar-refractivity contribution >= 4 is 28.4 Å². The average molecular weight is 328 g/mol. The van der Waals surface area contributed by atoms with Gasteiger partial charge in [-0.1, -0.05) is 18.2 Å². The second-order valence-corrected chi connectivity index (χ2v) is 5.30. The van der Waals surface area contributed by atoms with Gasteiger partial charge in [-0.15, -0.1) is 16.3 Å². The quantitative estimate of drug-likeness (QED) is 0.326. The maximum Gasteiger partial charge on any atom is 0.209 e. The lowest BCUT2D eigenvalue weighted by Gasteiger charge is -2.08. The number of guanidine groups is 2. The first-order valence-electron chi connectivity index (χ1n) is 6.66. The fourth-order valence-corrected chi connectivity index (χ4v) is 2.57. The summed E-state index contributed by atoms with van der Waals surface area (Å²) in [5, 5.41) is 26.8. The Morgan fingerprint density at radius 3 is 3.04 bits per heavy atom. The number of aromatic nitrogens is 1. The van der Waals surface area contributed by atoms with Crippen molar-refractivity contribution < 1.29 is 0 Å². The Balaban J connectivity index is 2.10. The van der Waals surface area contributed by atoms with Crippen LogP contribution in [0.1, 0.15) is 5.56 Å². The lowest BCUT2D eigenvalue weighted by Crippen LogP contribution is -2.33. The minimum Gasteiger partial charge on any atom is -0.370 e. The van der Waals surface area contributed by atoms with Crippen LogP contribution in [0.2, 0.25) is 0 Å². The van der Waals surface area contributed by atoms with Crippen molar-refractivity contribution in [3.05, 3.63) is 35.2 Å². The van der Waals surface area contributed by atoms with Gasteiger partial charge in [-0.05, 0) is 11.6 Å². The highest BCUT2D eigenvalue weighted by Crippen LogP contribution is 2.25. The number of nitrogens with one attached hydrogen (secondary N) is 4. The lowest BCUT2D eigenvalue weighted by molar-refractivity contribution is 0.870. The number of nitrogens with zero attached hydrogens (tertiary/aromatic N) is 3. The maximum absolute atomic E-state index is 8.57. The molecule has 0 spiro atoms. The molecular formula is C14H16N8S. The van der Waals surface area contributed by atoms with Gasteiger partial charge in [0.2, 0.25) is 12.2 Å². The summed E-state index contributed by atoms with van der Waals surface area (Å²) in [4.78, 5) is 8.01. The molecule has 0 aliphatic carbocycles. The number of hydrogen-bond acceptors (Lipinski definition) is 5. The molecule has 0 aliphatic heterocycles. The van der Waals surface area contributed by atoms with Crippen LogP contribution in [0.4, 0.5) is 5.13 Å². The van der Waals surface area contributed by atoms with Crippen LogP contribution in [0.3, 0.4) is 0 Å². The van der Waals surface area contributed by atoms with Crippen molar-refractivity contribution in [1.82, 2.24) is 15.6 Å². The van der Waals surface area contributed by atoms with Crippen LogP contribution in [0.15, 0.2) is 34.6 Å². The van der Waals surface area contributed by atoms with Gasteiger partial charge in [0.05, 0.1) is 5.69 Å². The fourth-order valence-electron chi connectivity index (χ4n) is 1.84. The van der Waals surface area contributed by atoms with Crippen molar-refractivity contribution in [3.8, 4) is 17.5 Å². The molecule has 2 rings (SSSR count). The van der Waals surface area contributed by atoms with Gasteiger partial charge in [0.15, 0.2) is 11.1 Å². The van der Waals surface area contributed by atoms with E-state index < -0.39 is 0 Å². The van der Waals surface area contributed by atoms with Gasteiger partial charge in [-0.3, -0.25) is 5.41 Å². The predicted molar refractivity (Wildman–Crippen MR) is 92.0 cm³/mol. The number of nitriles is 1. The highest BCUT2D eigenvalue weighted by atomic mass is 32.1. The summed E-state index contributed by atoms with van der Waals surface area (Å²) in [6, 6.07) is 7.86. The third-order valence-electron chi connectivity index (χ3n) is 2.83. The van der Waals surface area contributed by atoms with Crippen LogP contribution in [-0.2, 0) is 6.54 Å². The molecule has 0 bridgehead atoms. The van der Waals surface area contributed by atoms with E-state index in [0.29, 0.717) is 17.6 Å².